The average molecular weight is 295 g/mol. The Morgan fingerprint density at radius 2 is 1.81 bits per heavy atom. The van der Waals surface area contributed by atoms with Crippen molar-refractivity contribution >= 4 is 17.8 Å². The normalized spacial score (nSPS) is 26.2. The minimum absolute atomic E-state index is 0.327. The lowest BCUT2D eigenvalue weighted by atomic mass is 10.1. The molecule has 1 aromatic rings. The number of ether oxygens (including phenoxy) is 1. The van der Waals surface area contributed by atoms with E-state index in [1.807, 2.05) is 16.7 Å². The Hall–Kier alpha value is -1.71. The third-order valence-electron chi connectivity index (χ3n) is 3.77. The van der Waals surface area contributed by atoms with Gasteiger partial charge in [0.25, 0.3) is 0 Å². The first kappa shape index (κ1) is 14.2. The predicted molar refractivity (Wildman–Crippen MR) is 78.1 cm³/mol. The zero-order valence-electron chi connectivity index (χ0n) is 12.1. The lowest BCUT2D eigenvalue weighted by molar-refractivity contribution is 0.0838. The van der Waals surface area contributed by atoms with Crippen LogP contribution in [0.1, 0.15) is 13.3 Å². The largest absolute Gasteiger partial charge is 0.388 e. The SMILES string of the molecule is CC1(O)CCN(c2nc(NN)nc(N3CCOCC3)n2)C1. The predicted octanol–water partition coefficient (Wildman–Crippen LogP) is -1.05. The van der Waals surface area contributed by atoms with E-state index in [-0.39, 0.29) is 0 Å². The molecule has 2 aliphatic heterocycles. The van der Waals surface area contributed by atoms with Crippen LogP contribution in [0, 0.1) is 0 Å². The van der Waals surface area contributed by atoms with Crippen molar-refractivity contribution in [3.8, 4) is 0 Å². The second-order valence-corrected chi connectivity index (χ2v) is 5.67. The number of nitrogens with one attached hydrogen (secondary N) is 1. The fourth-order valence-corrected chi connectivity index (χ4v) is 2.58. The van der Waals surface area contributed by atoms with Crippen molar-refractivity contribution in [2.45, 2.75) is 18.9 Å². The van der Waals surface area contributed by atoms with Crippen LogP contribution in [-0.4, -0.2) is 65.1 Å². The maximum atomic E-state index is 10.1. The highest BCUT2D eigenvalue weighted by Gasteiger charge is 2.33. The van der Waals surface area contributed by atoms with E-state index in [9.17, 15) is 5.11 Å². The zero-order chi connectivity index (χ0) is 14.9. The van der Waals surface area contributed by atoms with Gasteiger partial charge < -0.3 is 19.6 Å². The van der Waals surface area contributed by atoms with Gasteiger partial charge in [-0.3, -0.25) is 5.43 Å². The van der Waals surface area contributed by atoms with Crippen molar-refractivity contribution in [3.63, 3.8) is 0 Å². The molecular weight excluding hydrogens is 274 g/mol. The Labute approximate surface area is 123 Å². The summed E-state index contributed by atoms with van der Waals surface area (Å²) in [4.78, 5) is 17.1. The van der Waals surface area contributed by atoms with Crippen molar-refractivity contribution in [3.05, 3.63) is 0 Å². The van der Waals surface area contributed by atoms with E-state index in [0.29, 0.717) is 50.6 Å². The number of nitrogens with two attached hydrogens (primary N) is 1. The molecule has 3 rings (SSSR count). The van der Waals surface area contributed by atoms with Crippen LogP contribution in [0.2, 0.25) is 0 Å². The molecule has 1 atom stereocenters. The maximum Gasteiger partial charge on any atom is 0.243 e. The number of morpholine rings is 1. The van der Waals surface area contributed by atoms with Gasteiger partial charge in [0.2, 0.25) is 17.8 Å². The van der Waals surface area contributed by atoms with Crippen LogP contribution in [0.3, 0.4) is 0 Å². The molecule has 2 aliphatic rings. The Morgan fingerprint density at radius 1 is 1.14 bits per heavy atom. The van der Waals surface area contributed by atoms with Gasteiger partial charge in [0.05, 0.1) is 18.8 Å². The molecule has 0 aromatic carbocycles. The Balaban J connectivity index is 1.86. The number of hydrazine groups is 1. The standard InChI is InChI=1S/C12H21N7O2/c1-12(20)2-3-19(8-12)11-15-9(17-13)14-10(16-11)18-4-6-21-7-5-18/h20H,2-8,13H2,1H3,(H,14,15,16,17). The summed E-state index contributed by atoms with van der Waals surface area (Å²) in [6.45, 7) is 5.83. The topological polar surface area (TPSA) is 113 Å². The number of aliphatic hydroxyl groups is 1. The number of hydrogen-bond donors (Lipinski definition) is 3. The number of nitrogens with zero attached hydrogens (tertiary/aromatic N) is 5. The summed E-state index contributed by atoms with van der Waals surface area (Å²) in [5.74, 6) is 6.91. The van der Waals surface area contributed by atoms with Gasteiger partial charge in [0.15, 0.2) is 0 Å². The van der Waals surface area contributed by atoms with Crippen molar-refractivity contribution < 1.29 is 9.84 Å². The molecule has 0 radical (unpaired) electrons. The molecule has 0 amide bonds. The third kappa shape index (κ3) is 3.14. The van der Waals surface area contributed by atoms with Gasteiger partial charge in [0, 0.05) is 26.2 Å². The smallest absolute Gasteiger partial charge is 0.243 e. The lowest BCUT2D eigenvalue weighted by Crippen LogP contribution is -2.38. The molecule has 9 heteroatoms. The van der Waals surface area contributed by atoms with E-state index in [4.69, 9.17) is 10.6 Å². The molecule has 9 nitrogen and oxygen atoms in total. The van der Waals surface area contributed by atoms with Gasteiger partial charge >= 0.3 is 0 Å². The van der Waals surface area contributed by atoms with E-state index in [1.165, 1.54) is 0 Å². The molecule has 2 fully saturated rings. The van der Waals surface area contributed by atoms with Crippen LogP contribution in [0.15, 0.2) is 0 Å². The molecule has 3 heterocycles. The van der Waals surface area contributed by atoms with Crippen molar-refractivity contribution in [2.24, 2.45) is 5.84 Å². The number of anilines is 3. The average Bonchev–Trinajstić information content (AvgIpc) is 2.88. The van der Waals surface area contributed by atoms with Gasteiger partial charge in [-0.25, -0.2) is 5.84 Å². The van der Waals surface area contributed by atoms with Crippen molar-refractivity contribution in [2.75, 3.05) is 54.6 Å². The number of hydrogen-bond acceptors (Lipinski definition) is 9. The number of aromatic nitrogens is 3. The summed E-state index contributed by atoms with van der Waals surface area (Å²) in [7, 11) is 0. The van der Waals surface area contributed by atoms with Gasteiger partial charge in [0.1, 0.15) is 0 Å². The minimum atomic E-state index is -0.706. The molecule has 0 aliphatic carbocycles. The molecule has 0 bridgehead atoms. The Bertz CT molecular complexity index is 504. The summed E-state index contributed by atoms with van der Waals surface area (Å²) < 4.78 is 5.34. The van der Waals surface area contributed by atoms with Crippen molar-refractivity contribution in [1.29, 1.82) is 0 Å². The van der Waals surface area contributed by atoms with E-state index in [1.54, 1.807) is 0 Å². The zero-order valence-corrected chi connectivity index (χ0v) is 12.1. The van der Waals surface area contributed by atoms with Gasteiger partial charge in [-0.2, -0.15) is 15.0 Å². The first-order valence-electron chi connectivity index (χ1n) is 7.10. The summed E-state index contributed by atoms with van der Waals surface area (Å²) >= 11 is 0. The van der Waals surface area contributed by atoms with Crippen LogP contribution in [0.5, 0.6) is 0 Å². The molecule has 4 N–H and O–H groups in total. The van der Waals surface area contributed by atoms with E-state index in [0.717, 1.165) is 13.1 Å². The van der Waals surface area contributed by atoms with E-state index < -0.39 is 5.60 Å². The van der Waals surface area contributed by atoms with Crippen LogP contribution in [-0.2, 0) is 4.74 Å². The summed E-state index contributed by atoms with van der Waals surface area (Å²) in [5, 5.41) is 10.1. The molecule has 21 heavy (non-hydrogen) atoms. The van der Waals surface area contributed by atoms with Crippen LogP contribution >= 0.6 is 0 Å². The molecule has 2 saturated heterocycles. The Kier molecular flexibility index (Phi) is 3.79. The number of β-amino-alcohol motifs (C(OH)–C–C–N with tert-alkyl or cyclic N) is 1. The molecule has 1 aromatic heterocycles. The highest BCUT2D eigenvalue weighted by molar-refractivity contribution is 5.46. The van der Waals surface area contributed by atoms with Crippen molar-refractivity contribution in [1.82, 2.24) is 15.0 Å². The third-order valence-corrected chi connectivity index (χ3v) is 3.77. The first-order valence-corrected chi connectivity index (χ1v) is 7.10. The minimum Gasteiger partial charge on any atom is -0.388 e. The van der Waals surface area contributed by atoms with Crippen LogP contribution < -0.4 is 21.1 Å². The maximum absolute atomic E-state index is 10.1. The quantitative estimate of drug-likeness (QED) is 0.475. The fourth-order valence-electron chi connectivity index (χ4n) is 2.58. The summed E-state index contributed by atoms with van der Waals surface area (Å²) in [6, 6.07) is 0. The van der Waals surface area contributed by atoms with Crippen LogP contribution in [0.25, 0.3) is 0 Å². The Morgan fingerprint density at radius 3 is 2.38 bits per heavy atom. The number of rotatable bonds is 3. The summed E-state index contributed by atoms with van der Waals surface area (Å²) in [6.07, 6.45) is 0.691. The highest BCUT2D eigenvalue weighted by Crippen LogP contribution is 2.25. The van der Waals surface area contributed by atoms with Gasteiger partial charge in [-0.1, -0.05) is 0 Å². The molecule has 0 saturated carbocycles. The first-order chi connectivity index (χ1) is 10.1. The van der Waals surface area contributed by atoms with Crippen LogP contribution in [0.4, 0.5) is 17.8 Å². The lowest BCUT2D eigenvalue weighted by Gasteiger charge is -2.28. The second-order valence-electron chi connectivity index (χ2n) is 5.67. The van der Waals surface area contributed by atoms with Gasteiger partial charge in [-0.05, 0) is 13.3 Å². The molecular formula is C12H21N7O2. The molecule has 116 valence electrons. The number of nitrogen functional groups attached to an aromatic ring is 1. The monoisotopic (exact) mass is 295 g/mol. The fraction of sp³-hybridized carbons (Fsp3) is 0.750. The molecule has 0 spiro atoms. The van der Waals surface area contributed by atoms with Gasteiger partial charge in [-0.15, -0.1) is 0 Å². The van der Waals surface area contributed by atoms with E-state index >= 15 is 0 Å². The van der Waals surface area contributed by atoms with E-state index in [2.05, 4.69) is 20.4 Å². The molecule has 1 unspecified atom stereocenters. The second kappa shape index (κ2) is 5.58. The highest BCUT2D eigenvalue weighted by atomic mass is 16.5. The summed E-state index contributed by atoms with van der Waals surface area (Å²) in [5.41, 5.74) is 1.78.